The van der Waals surface area contributed by atoms with Gasteiger partial charge in [0, 0.05) is 11.4 Å². The van der Waals surface area contributed by atoms with Crippen LogP contribution >= 0.6 is 11.6 Å². The largest absolute Gasteiger partial charge is 0.337 e. The first-order chi connectivity index (χ1) is 12.2. The maximum atomic E-state index is 12.3. The van der Waals surface area contributed by atoms with Crippen molar-refractivity contribution in [1.29, 1.82) is 0 Å². The molecule has 3 aromatic heterocycles. The van der Waals surface area contributed by atoms with Gasteiger partial charge in [-0.3, -0.25) is 9.36 Å². The van der Waals surface area contributed by atoms with E-state index in [4.69, 9.17) is 16.1 Å². The Balaban J connectivity index is 1.46. The molecule has 0 saturated carbocycles. The van der Waals surface area contributed by atoms with E-state index in [2.05, 4.69) is 20.2 Å². The van der Waals surface area contributed by atoms with Crippen LogP contribution in [0, 0.1) is 0 Å². The van der Waals surface area contributed by atoms with Crippen molar-refractivity contribution in [3.05, 3.63) is 75.8 Å². The van der Waals surface area contributed by atoms with Gasteiger partial charge in [-0.05, 0) is 24.1 Å². The minimum atomic E-state index is -0.214. The van der Waals surface area contributed by atoms with E-state index < -0.39 is 0 Å². The lowest BCUT2D eigenvalue weighted by Gasteiger charge is -2.01. The number of aryl methyl sites for hydroxylation is 2. The molecule has 0 N–H and O–H groups in total. The van der Waals surface area contributed by atoms with Gasteiger partial charge in [-0.25, -0.2) is 9.50 Å². The number of halogens is 1. The maximum Gasteiger partial charge on any atom is 0.279 e. The fraction of sp³-hybridized carbons (Fsp3) is 0.188. The van der Waals surface area contributed by atoms with Crippen molar-refractivity contribution in [2.24, 2.45) is 0 Å². The summed E-state index contributed by atoms with van der Waals surface area (Å²) in [5.41, 5.74) is 1.32. The Morgan fingerprint density at radius 2 is 1.96 bits per heavy atom. The predicted octanol–water partition coefficient (Wildman–Crippen LogP) is 1.76. The SMILES string of the molecule is O=c1c2cncn2ncn1Cc1nc(CCc2ccc(Cl)cc2)no1. The number of hydrogen-bond acceptors (Lipinski definition) is 6. The monoisotopic (exact) mass is 356 g/mol. The highest BCUT2D eigenvalue weighted by Crippen LogP contribution is 2.11. The molecule has 0 spiro atoms. The third-order valence-corrected chi connectivity index (χ3v) is 4.03. The van der Waals surface area contributed by atoms with Crippen LogP contribution in [-0.4, -0.2) is 29.3 Å². The van der Waals surface area contributed by atoms with E-state index in [1.54, 1.807) is 0 Å². The second-order valence-electron chi connectivity index (χ2n) is 5.52. The smallest absolute Gasteiger partial charge is 0.279 e. The van der Waals surface area contributed by atoms with Crippen molar-refractivity contribution >= 4 is 17.1 Å². The highest BCUT2D eigenvalue weighted by molar-refractivity contribution is 6.30. The van der Waals surface area contributed by atoms with E-state index in [0.29, 0.717) is 28.7 Å². The number of nitrogens with zero attached hydrogens (tertiary/aromatic N) is 6. The van der Waals surface area contributed by atoms with Crippen LogP contribution in [0.15, 0.2) is 52.4 Å². The van der Waals surface area contributed by atoms with E-state index in [1.165, 1.54) is 27.9 Å². The molecule has 0 aliphatic heterocycles. The summed E-state index contributed by atoms with van der Waals surface area (Å²) in [5, 5.41) is 8.77. The Morgan fingerprint density at radius 3 is 2.80 bits per heavy atom. The number of hydrogen-bond donors (Lipinski definition) is 0. The molecule has 4 rings (SSSR count). The van der Waals surface area contributed by atoms with E-state index >= 15 is 0 Å². The van der Waals surface area contributed by atoms with E-state index in [-0.39, 0.29) is 12.1 Å². The van der Waals surface area contributed by atoms with Crippen LogP contribution in [0.2, 0.25) is 5.02 Å². The van der Waals surface area contributed by atoms with Gasteiger partial charge in [-0.1, -0.05) is 28.9 Å². The predicted molar refractivity (Wildman–Crippen MR) is 89.5 cm³/mol. The quantitative estimate of drug-likeness (QED) is 0.541. The third kappa shape index (κ3) is 3.29. The summed E-state index contributed by atoms with van der Waals surface area (Å²) in [5.74, 6) is 0.954. The second-order valence-corrected chi connectivity index (χ2v) is 5.95. The normalized spacial score (nSPS) is 11.2. The van der Waals surface area contributed by atoms with Crippen LogP contribution in [0.4, 0.5) is 0 Å². The zero-order valence-electron chi connectivity index (χ0n) is 13.0. The van der Waals surface area contributed by atoms with Gasteiger partial charge in [0.1, 0.15) is 24.7 Å². The summed E-state index contributed by atoms with van der Waals surface area (Å²) in [6.45, 7) is 0.168. The van der Waals surface area contributed by atoms with Gasteiger partial charge in [0.05, 0.1) is 6.20 Å². The minimum absolute atomic E-state index is 0.168. The highest BCUT2D eigenvalue weighted by atomic mass is 35.5. The Bertz CT molecular complexity index is 1070. The zero-order valence-corrected chi connectivity index (χ0v) is 13.8. The lowest BCUT2D eigenvalue weighted by molar-refractivity contribution is 0.364. The summed E-state index contributed by atoms with van der Waals surface area (Å²) in [4.78, 5) is 20.5. The molecule has 3 heterocycles. The van der Waals surface area contributed by atoms with Crippen LogP contribution in [-0.2, 0) is 19.4 Å². The van der Waals surface area contributed by atoms with Crippen molar-refractivity contribution < 1.29 is 4.52 Å². The van der Waals surface area contributed by atoms with Crippen LogP contribution in [0.5, 0.6) is 0 Å². The van der Waals surface area contributed by atoms with Crippen LogP contribution < -0.4 is 5.56 Å². The van der Waals surface area contributed by atoms with E-state index in [1.807, 2.05) is 24.3 Å². The van der Waals surface area contributed by atoms with E-state index in [9.17, 15) is 4.79 Å². The first kappa shape index (κ1) is 15.5. The molecule has 9 heteroatoms. The Hall–Kier alpha value is -3.00. The third-order valence-electron chi connectivity index (χ3n) is 3.78. The van der Waals surface area contributed by atoms with Gasteiger partial charge in [0.2, 0.25) is 5.89 Å². The molecule has 0 aliphatic rings. The molecule has 0 fully saturated rings. The number of aromatic nitrogens is 6. The Kier molecular flexibility index (Phi) is 4.02. The lowest BCUT2D eigenvalue weighted by atomic mass is 10.1. The van der Waals surface area contributed by atoms with Crippen molar-refractivity contribution in [2.75, 3.05) is 0 Å². The van der Waals surface area contributed by atoms with Gasteiger partial charge in [-0.15, -0.1) is 0 Å². The average Bonchev–Trinajstić information content (AvgIpc) is 3.26. The standard InChI is InChI=1S/C16H13ClN6O2/c17-12-4-1-11(2-5-12)3-6-14-20-15(25-21-14)8-22-10-19-23-9-18-7-13(23)16(22)24/h1-2,4-5,7,9-10H,3,6,8H2. The molecule has 1 aromatic carbocycles. The topological polar surface area (TPSA) is 91.1 Å². The van der Waals surface area contributed by atoms with Gasteiger partial charge in [0.25, 0.3) is 5.56 Å². The fourth-order valence-electron chi connectivity index (χ4n) is 2.47. The van der Waals surface area contributed by atoms with Gasteiger partial charge < -0.3 is 4.52 Å². The number of fused-ring (bicyclic) bond motifs is 1. The Morgan fingerprint density at radius 1 is 1.12 bits per heavy atom. The molecular formula is C16H13ClN6O2. The molecule has 0 radical (unpaired) electrons. The first-order valence-electron chi connectivity index (χ1n) is 7.63. The zero-order chi connectivity index (χ0) is 17.2. The summed E-state index contributed by atoms with van der Waals surface area (Å²) in [7, 11) is 0. The molecule has 0 unspecified atom stereocenters. The van der Waals surface area contributed by atoms with Crippen molar-refractivity contribution in [3.63, 3.8) is 0 Å². The second kappa shape index (κ2) is 6.48. The van der Waals surface area contributed by atoms with Crippen molar-refractivity contribution in [3.8, 4) is 0 Å². The van der Waals surface area contributed by atoms with E-state index in [0.717, 1.165) is 12.0 Å². The van der Waals surface area contributed by atoms with Crippen molar-refractivity contribution in [1.82, 2.24) is 29.3 Å². The molecule has 0 saturated heterocycles. The van der Waals surface area contributed by atoms with Gasteiger partial charge >= 0.3 is 0 Å². The maximum absolute atomic E-state index is 12.3. The fourth-order valence-corrected chi connectivity index (χ4v) is 2.60. The average molecular weight is 357 g/mol. The number of imidazole rings is 1. The molecule has 0 amide bonds. The van der Waals surface area contributed by atoms with Crippen LogP contribution in [0.1, 0.15) is 17.3 Å². The summed E-state index contributed by atoms with van der Waals surface area (Å²) in [6.07, 6.45) is 5.79. The van der Waals surface area contributed by atoms with Crippen LogP contribution in [0.25, 0.3) is 5.52 Å². The summed E-state index contributed by atoms with van der Waals surface area (Å²) in [6, 6.07) is 7.64. The molecule has 126 valence electrons. The molecule has 8 nitrogen and oxygen atoms in total. The van der Waals surface area contributed by atoms with Crippen LogP contribution in [0.3, 0.4) is 0 Å². The summed E-state index contributed by atoms with van der Waals surface area (Å²) >= 11 is 5.87. The number of rotatable bonds is 5. The molecular weight excluding hydrogens is 344 g/mol. The van der Waals surface area contributed by atoms with Gasteiger partial charge in [-0.2, -0.15) is 10.1 Å². The van der Waals surface area contributed by atoms with Gasteiger partial charge in [0.15, 0.2) is 5.82 Å². The minimum Gasteiger partial charge on any atom is -0.337 e. The molecule has 4 aromatic rings. The summed E-state index contributed by atoms with van der Waals surface area (Å²) < 4.78 is 8.06. The molecule has 0 bridgehead atoms. The molecule has 0 atom stereocenters. The Labute approximate surface area is 146 Å². The van der Waals surface area contributed by atoms with Crippen molar-refractivity contribution in [2.45, 2.75) is 19.4 Å². The first-order valence-corrected chi connectivity index (χ1v) is 8.00. The lowest BCUT2D eigenvalue weighted by Crippen LogP contribution is -2.23. The molecule has 0 aliphatic carbocycles. The highest BCUT2D eigenvalue weighted by Gasteiger charge is 2.10. The number of benzene rings is 1. The molecule has 25 heavy (non-hydrogen) atoms.